The van der Waals surface area contributed by atoms with Crippen LogP contribution in [0.25, 0.3) is 0 Å². The fourth-order valence-corrected chi connectivity index (χ4v) is 1.03. The summed E-state index contributed by atoms with van der Waals surface area (Å²) in [5, 5.41) is 2.40. The SMILES string of the molecule is CC(=O)NCCCS(=O)(=O)O.C[N+](C)(C)C. The molecule has 0 fully saturated rings. The molecule has 0 saturated heterocycles. The minimum atomic E-state index is -3.87. The number of nitrogens with zero attached hydrogens (tertiary/aromatic N) is 1. The molecule has 0 rings (SSSR count). The third kappa shape index (κ3) is 37.7. The van der Waals surface area contributed by atoms with Crippen molar-refractivity contribution in [1.82, 2.24) is 5.32 Å². The van der Waals surface area contributed by atoms with Crippen LogP contribution in [0.5, 0.6) is 0 Å². The molecular formula is C9H23N2O4S+. The van der Waals surface area contributed by atoms with Gasteiger partial charge in [0.1, 0.15) is 0 Å². The molecule has 0 aromatic rings. The summed E-state index contributed by atoms with van der Waals surface area (Å²) in [7, 11) is 4.63. The maximum Gasteiger partial charge on any atom is 0.264 e. The van der Waals surface area contributed by atoms with Crippen molar-refractivity contribution in [2.75, 3.05) is 40.5 Å². The van der Waals surface area contributed by atoms with E-state index in [0.29, 0.717) is 0 Å². The number of carbonyl (C=O) groups is 1. The van der Waals surface area contributed by atoms with Crippen molar-refractivity contribution in [2.24, 2.45) is 0 Å². The van der Waals surface area contributed by atoms with Crippen molar-refractivity contribution in [2.45, 2.75) is 13.3 Å². The highest BCUT2D eigenvalue weighted by molar-refractivity contribution is 7.85. The molecule has 0 aliphatic rings. The minimum absolute atomic E-state index is 0.208. The Labute approximate surface area is 98.0 Å². The van der Waals surface area contributed by atoms with Crippen LogP contribution in [0.3, 0.4) is 0 Å². The van der Waals surface area contributed by atoms with Gasteiger partial charge in [-0.2, -0.15) is 8.42 Å². The minimum Gasteiger partial charge on any atom is -0.356 e. The van der Waals surface area contributed by atoms with E-state index in [-0.39, 0.29) is 24.6 Å². The lowest BCUT2D eigenvalue weighted by molar-refractivity contribution is -0.849. The number of quaternary nitrogens is 1. The summed E-state index contributed by atoms with van der Waals surface area (Å²) in [6, 6.07) is 0. The molecule has 7 heteroatoms. The molecule has 0 atom stereocenters. The molecule has 0 bridgehead atoms. The molecule has 98 valence electrons. The Morgan fingerprint density at radius 3 is 1.88 bits per heavy atom. The number of carbonyl (C=O) groups excluding carboxylic acids is 1. The van der Waals surface area contributed by atoms with Crippen molar-refractivity contribution < 1.29 is 22.2 Å². The first-order chi connectivity index (χ1) is 6.92. The van der Waals surface area contributed by atoms with Gasteiger partial charge in [-0.1, -0.05) is 0 Å². The van der Waals surface area contributed by atoms with E-state index in [1.165, 1.54) is 6.92 Å². The Morgan fingerprint density at radius 1 is 1.25 bits per heavy atom. The molecule has 2 N–H and O–H groups in total. The molecule has 0 radical (unpaired) electrons. The third-order valence-corrected chi connectivity index (χ3v) is 1.76. The van der Waals surface area contributed by atoms with E-state index in [9.17, 15) is 13.2 Å². The van der Waals surface area contributed by atoms with Crippen LogP contribution in [-0.2, 0) is 14.9 Å². The van der Waals surface area contributed by atoms with Gasteiger partial charge in [-0.3, -0.25) is 9.35 Å². The van der Waals surface area contributed by atoms with Crippen LogP contribution < -0.4 is 5.32 Å². The summed E-state index contributed by atoms with van der Waals surface area (Å²) in [6.07, 6.45) is 0.235. The van der Waals surface area contributed by atoms with Gasteiger partial charge < -0.3 is 9.80 Å². The van der Waals surface area contributed by atoms with E-state index in [1.54, 1.807) is 0 Å². The Kier molecular flexibility index (Phi) is 8.41. The average Bonchev–Trinajstić information content (AvgIpc) is 1.92. The normalized spacial score (nSPS) is 11.4. The highest BCUT2D eigenvalue weighted by Gasteiger charge is 2.02. The van der Waals surface area contributed by atoms with Gasteiger partial charge in [0, 0.05) is 13.5 Å². The predicted molar refractivity (Wildman–Crippen MR) is 63.7 cm³/mol. The molecule has 16 heavy (non-hydrogen) atoms. The zero-order chi connectivity index (χ0) is 13.4. The zero-order valence-corrected chi connectivity index (χ0v) is 11.5. The van der Waals surface area contributed by atoms with Gasteiger partial charge >= 0.3 is 0 Å². The van der Waals surface area contributed by atoms with Crippen LogP contribution in [0.2, 0.25) is 0 Å². The second-order valence-corrected chi connectivity index (χ2v) is 6.38. The molecule has 0 aromatic heterocycles. The molecule has 0 heterocycles. The van der Waals surface area contributed by atoms with Gasteiger partial charge in [0.05, 0.1) is 33.9 Å². The lowest BCUT2D eigenvalue weighted by Crippen LogP contribution is -2.27. The van der Waals surface area contributed by atoms with Crippen molar-refractivity contribution in [3.8, 4) is 0 Å². The van der Waals surface area contributed by atoms with Crippen molar-refractivity contribution in [1.29, 1.82) is 0 Å². The first kappa shape index (κ1) is 17.7. The summed E-state index contributed by atoms with van der Waals surface area (Å²) in [5.74, 6) is -0.520. The Morgan fingerprint density at radius 2 is 1.62 bits per heavy atom. The topological polar surface area (TPSA) is 83.5 Å². The van der Waals surface area contributed by atoms with Crippen LogP contribution in [0, 0.1) is 0 Å². The first-order valence-electron chi connectivity index (χ1n) is 4.90. The fraction of sp³-hybridized carbons (Fsp3) is 0.889. The highest BCUT2D eigenvalue weighted by Crippen LogP contribution is 1.85. The number of rotatable bonds is 4. The smallest absolute Gasteiger partial charge is 0.264 e. The fourth-order valence-electron chi connectivity index (χ4n) is 0.519. The van der Waals surface area contributed by atoms with E-state index >= 15 is 0 Å². The summed E-state index contributed by atoms with van der Waals surface area (Å²) < 4.78 is 29.5. The van der Waals surface area contributed by atoms with Crippen LogP contribution in [0.4, 0.5) is 0 Å². The summed E-state index contributed by atoms with van der Waals surface area (Å²) in [6.45, 7) is 1.61. The van der Waals surface area contributed by atoms with E-state index in [2.05, 4.69) is 33.5 Å². The third-order valence-electron chi connectivity index (χ3n) is 0.953. The molecule has 1 amide bonds. The molecule has 0 unspecified atom stereocenters. The largest absolute Gasteiger partial charge is 0.356 e. The number of hydrogen-bond donors (Lipinski definition) is 2. The van der Waals surface area contributed by atoms with Gasteiger partial charge in [0.15, 0.2) is 0 Å². The molecular weight excluding hydrogens is 232 g/mol. The number of hydrogen-bond acceptors (Lipinski definition) is 3. The zero-order valence-electron chi connectivity index (χ0n) is 10.6. The second kappa shape index (κ2) is 7.59. The van der Waals surface area contributed by atoms with E-state index in [1.807, 2.05) is 0 Å². The van der Waals surface area contributed by atoms with E-state index in [4.69, 9.17) is 4.55 Å². The van der Waals surface area contributed by atoms with Crippen LogP contribution in [0.1, 0.15) is 13.3 Å². The van der Waals surface area contributed by atoms with Crippen LogP contribution >= 0.6 is 0 Å². The predicted octanol–water partition coefficient (Wildman–Crippen LogP) is -0.277. The highest BCUT2D eigenvalue weighted by atomic mass is 32.2. The van der Waals surface area contributed by atoms with Gasteiger partial charge in [0.2, 0.25) is 5.91 Å². The van der Waals surface area contributed by atoms with Gasteiger partial charge in [0.25, 0.3) is 10.1 Å². The lowest BCUT2D eigenvalue weighted by Gasteiger charge is -2.14. The summed E-state index contributed by atoms with van der Waals surface area (Å²) in [4.78, 5) is 10.2. The summed E-state index contributed by atoms with van der Waals surface area (Å²) in [5.41, 5.74) is 0. The van der Waals surface area contributed by atoms with Gasteiger partial charge in [-0.25, -0.2) is 0 Å². The van der Waals surface area contributed by atoms with Crippen LogP contribution in [0.15, 0.2) is 0 Å². The quantitative estimate of drug-likeness (QED) is 0.411. The lowest BCUT2D eigenvalue weighted by atomic mass is 10.5. The number of amides is 1. The molecule has 0 saturated carbocycles. The monoisotopic (exact) mass is 255 g/mol. The maximum absolute atomic E-state index is 10.2. The van der Waals surface area contributed by atoms with E-state index < -0.39 is 10.1 Å². The molecule has 0 spiro atoms. The Balaban J connectivity index is 0. The molecule has 0 aliphatic carbocycles. The van der Waals surface area contributed by atoms with Crippen molar-refractivity contribution >= 4 is 16.0 Å². The number of nitrogens with one attached hydrogen (secondary N) is 1. The summed E-state index contributed by atoms with van der Waals surface area (Å²) >= 11 is 0. The molecule has 0 aliphatic heterocycles. The van der Waals surface area contributed by atoms with E-state index in [0.717, 1.165) is 4.48 Å². The van der Waals surface area contributed by atoms with Gasteiger partial charge in [-0.15, -0.1) is 0 Å². The van der Waals surface area contributed by atoms with Crippen molar-refractivity contribution in [3.05, 3.63) is 0 Å². The Bertz CT molecular complexity index is 287. The van der Waals surface area contributed by atoms with Crippen LogP contribution in [-0.4, -0.2) is 63.8 Å². The first-order valence-corrected chi connectivity index (χ1v) is 6.51. The van der Waals surface area contributed by atoms with Gasteiger partial charge in [-0.05, 0) is 6.42 Å². The van der Waals surface area contributed by atoms with Crippen molar-refractivity contribution in [3.63, 3.8) is 0 Å². The molecule has 0 aromatic carbocycles. The maximum atomic E-state index is 10.2. The standard InChI is InChI=1S/C5H11NO4S.C4H12N/c1-5(7)6-3-2-4-11(8,9)10;1-5(2,3)4/h2-4H2,1H3,(H,6,7)(H,8,9,10);1-4H3/q;+1. The molecule has 6 nitrogen and oxygen atoms in total. The average molecular weight is 255 g/mol. The Hall–Kier alpha value is -0.660. The second-order valence-electron chi connectivity index (χ2n) is 4.81.